The van der Waals surface area contributed by atoms with E-state index in [1.807, 2.05) is 0 Å². The number of phenolic OH excluding ortho intramolecular Hbond substituents is 1. The van der Waals surface area contributed by atoms with Gasteiger partial charge in [-0.2, -0.15) is 0 Å². The first kappa shape index (κ1) is 25.7. The Hall–Kier alpha value is -2.95. The van der Waals surface area contributed by atoms with Crippen molar-refractivity contribution in [2.24, 2.45) is 0 Å². The number of ketones is 1. The molecule has 1 amide bonds. The molecule has 0 bridgehead atoms. The van der Waals surface area contributed by atoms with E-state index in [4.69, 9.17) is 23.2 Å². The molecule has 0 radical (unpaired) electrons. The molecule has 0 aliphatic carbocycles. The van der Waals surface area contributed by atoms with Gasteiger partial charge in [-0.05, 0) is 23.8 Å². The van der Waals surface area contributed by atoms with E-state index in [0.29, 0.717) is 16.5 Å². The number of halogens is 2. The zero-order chi connectivity index (χ0) is 23.7. The number of nitrogens with zero attached hydrogens (tertiary/aromatic N) is 3. The summed E-state index contributed by atoms with van der Waals surface area (Å²) in [5.41, 5.74) is 1.19. The standard InChI is InChI=1S/C22H14Cl2N4O5.Na.H/c23-17-8-25-9-18(24)20(17)26-22(31)21(30)16-11-27(19-5-4-14(29)7-15(16)19)10-12-2-1-3-13(6-12)28(32)33;;/h1-9,11,29H,10H2,(H,25,26,31);;. The summed E-state index contributed by atoms with van der Waals surface area (Å²) in [6.45, 7) is 0.194. The Morgan fingerprint density at radius 1 is 1.12 bits per heavy atom. The van der Waals surface area contributed by atoms with Crippen LogP contribution < -0.4 is 5.32 Å². The predicted octanol–water partition coefficient (Wildman–Crippen LogP) is 4.18. The summed E-state index contributed by atoms with van der Waals surface area (Å²) < 4.78 is 1.67. The van der Waals surface area contributed by atoms with Gasteiger partial charge in [-0.25, -0.2) is 0 Å². The number of pyridine rings is 1. The summed E-state index contributed by atoms with van der Waals surface area (Å²) in [6, 6.07) is 10.5. The van der Waals surface area contributed by atoms with Crippen molar-refractivity contribution in [3.8, 4) is 5.75 Å². The molecule has 9 nitrogen and oxygen atoms in total. The summed E-state index contributed by atoms with van der Waals surface area (Å²) >= 11 is 12.0. The number of benzene rings is 2. The molecule has 0 aliphatic heterocycles. The number of amides is 1. The van der Waals surface area contributed by atoms with Gasteiger partial charge in [-0.15, -0.1) is 0 Å². The van der Waals surface area contributed by atoms with E-state index >= 15 is 0 Å². The zero-order valence-electron chi connectivity index (χ0n) is 16.7. The molecule has 0 aliphatic rings. The SMILES string of the molecule is O=C(Nc1c(Cl)cncc1Cl)C(=O)c1cn(Cc2cccc([N+](=O)[O-])c2)c2ccc(O)cc12.[NaH]. The fourth-order valence-corrected chi connectivity index (χ4v) is 3.84. The van der Waals surface area contributed by atoms with Gasteiger partial charge in [0.05, 0.1) is 26.2 Å². The summed E-state index contributed by atoms with van der Waals surface area (Å²) in [7, 11) is 0. The van der Waals surface area contributed by atoms with E-state index < -0.39 is 16.6 Å². The van der Waals surface area contributed by atoms with Crippen molar-refractivity contribution < 1.29 is 19.6 Å². The van der Waals surface area contributed by atoms with E-state index in [9.17, 15) is 24.8 Å². The van der Waals surface area contributed by atoms with E-state index in [1.165, 1.54) is 42.9 Å². The Kier molecular flexibility index (Phi) is 7.96. The van der Waals surface area contributed by atoms with Crippen LogP contribution in [-0.2, 0) is 11.3 Å². The van der Waals surface area contributed by atoms with Crippen LogP contribution in [0.25, 0.3) is 10.9 Å². The quantitative estimate of drug-likeness (QED) is 0.132. The summed E-state index contributed by atoms with van der Waals surface area (Å²) in [4.78, 5) is 40.1. The molecule has 168 valence electrons. The van der Waals surface area contributed by atoms with E-state index in [1.54, 1.807) is 22.8 Å². The molecular weight excluding hydrogens is 494 g/mol. The molecule has 2 aromatic heterocycles. The maximum atomic E-state index is 13.0. The van der Waals surface area contributed by atoms with Crippen LogP contribution in [0.2, 0.25) is 10.0 Å². The van der Waals surface area contributed by atoms with Crippen molar-refractivity contribution in [2.45, 2.75) is 6.54 Å². The number of hydrogen-bond acceptors (Lipinski definition) is 6. The monoisotopic (exact) mass is 508 g/mol. The molecule has 2 heterocycles. The first-order valence-electron chi connectivity index (χ1n) is 9.44. The molecule has 0 fully saturated rings. The second kappa shape index (κ2) is 10.5. The van der Waals surface area contributed by atoms with Gasteiger partial charge < -0.3 is 15.0 Å². The van der Waals surface area contributed by atoms with Crippen LogP contribution >= 0.6 is 23.2 Å². The van der Waals surface area contributed by atoms with Gasteiger partial charge in [-0.3, -0.25) is 24.7 Å². The minimum atomic E-state index is -0.984. The van der Waals surface area contributed by atoms with Gasteiger partial charge in [0.15, 0.2) is 0 Å². The van der Waals surface area contributed by atoms with Crippen molar-refractivity contribution in [3.05, 3.63) is 92.3 Å². The van der Waals surface area contributed by atoms with Crippen molar-refractivity contribution in [3.63, 3.8) is 0 Å². The second-order valence-corrected chi connectivity index (χ2v) is 7.87. The molecule has 0 saturated carbocycles. The first-order chi connectivity index (χ1) is 15.7. The normalized spacial score (nSPS) is 10.5. The Morgan fingerprint density at radius 2 is 1.82 bits per heavy atom. The van der Waals surface area contributed by atoms with Crippen LogP contribution in [0.4, 0.5) is 11.4 Å². The molecule has 34 heavy (non-hydrogen) atoms. The fraction of sp³-hybridized carbons (Fsp3) is 0.0455. The second-order valence-electron chi connectivity index (χ2n) is 7.06. The maximum absolute atomic E-state index is 13.0. The Bertz CT molecular complexity index is 1420. The number of aromatic hydroxyl groups is 1. The summed E-state index contributed by atoms with van der Waals surface area (Å²) in [5.74, 6) is -1.96. The molecule has 2 aromatic carbocycles. The van der Waals surface area contributed by atoms with Crippen molar-refractivity contribution >= 4 is 86.7 Å². The van der Waals surface area contributed by atoms with Crippen molar-refractivity contribution in [1.82, 2.24) is 9.55 Å². The van der Waals surface area contributed by atoms with Crippen LogP contribution in [0, 0.1) is 10.1 Å². The first-order valence-corrected chi connectivity index (χ1v) is 10.2. The van der Waals surface area contributed by atoms with Gasteiger partial charge in [0.2, 0.25) is 0 Å². The van der Waals surface area contributed by atoms with Crippen molar-refractivity contribution in [2.75, 3.05) is 5.32 Å². The number of nitro groups is 1. The number of nitro benzene ring substituents is 1. The number of anilines is 1. The number of hydrogen-bond donors (Lipinski definition) is 2. The summed E-state index contributed by atoms with van der Waals surface area (Å²) in [6.07, 6.45) is 4.01. The van der Waals surface area contributed by atoms with E-state index in [0.717, 1.165) is 0 Å². The van der Waals surface area contributed by atoms with E-state index in [-0.39, 0.29) is 68.8 Å². The molecule has 12 heteroatoms. The van der Waals surface area contributed by atoms with Crippen LogP contribution in [0.15, 0.2) is 61.1 Å². The molecule has 0 unspecified atom stereocenters. The average molecular weight is 509 g/mol. The molecule has 4 rings (SSSR count). The molecule has 0 saturated heterocycles. The third kappa shape index (κ3) is 5.24. The van der Waals surface area contributed by atoms with Crippen LogP contribution in [-0.4, -0.2) is 60.8 Å². The fourth-order valence-electron chi connectivity index (χ4n) is 3.39. The molecule has 4 aromatic rings. The Balaban J connectivity index is 0.00000324. The average Bonchev–Trinajstić information content (AvgIpc) is 3.13. The number of carbonyl (C=O) groups excluding carboxylic acids is 2. The number of Topliss-reactive ketones (excluding diaryl/α,β-unsaturated/α-hetero) is 1. The number of fused-ring (bicyclic) bond motifs is 1. The van der Waals surface area contributed by atoms with Crippen LogP contribution in [0.3, 0.4) is 0 Å². The van der Waals surface area contributed by atoms with E-state index in [2.05, 4.69) is 10.3 Å². The number of carbonyl (C=O) groups is 2. The van der Waals surface area contributed by atoms with Gasteiger partial charge in [0.1, 0.15) is 5.75 Å². The van der Waals surface area contributed by atoms with Gasteiger partial charge in [0.25, 0.3) is 17.4 Å². The van der Waals surface area contributed by atoms with Gasteiger partial charge >= 0.3 is 29.6 Å². The number of non-ortho nitro benzene ring substituents is 1. The Labute approximate surface area is 224 Å². The topological polar surface area (TPSA) is 127 Å². The van der Waals surface area contributed by atoms with Crippen LogP contribution in [0.5, 0.6) is 5.75 Å². The van der Waals surface area contributed by atoms with Crippen LogP contribution in [0.1, 0.15) is 15.9 Å². The van der Waals surface area contributed by atoms with Crippen molar-refractivity contribution in [1.29, 1.82) is 0 Å². The third-order valence-electron chi connectivity index (χ3n) is 4.88. The Morgan fingerprint density at radius 3 is 2.50 bits per heavy atom. The van der Waals surface area contributed by atoms with Gasteiger partial charge in [0, 0.05) is 48.2 Å². The molecule has 2 N–H and O–H groups in total. The molecule has 0 atom stereocenters. The molecule has 0 spiro atoms. The molecular formula is C22H15Cl2N4NaO5. The number of nitrogens with one attached hydrogen (secondary N) is 1. The minimum absolute atomic E-state index is 0. The number of rotatable bonds is 6. The summed E-state index contributed by atoms with van der Waals surface area (Å²) in [5, 5.41) is 23.9. The third-order valence-corrected chi connectivity index (χ3v) is 5.45. The number of aromatic nitrogens is 2. The zero-order valence-corrected chi connectivity index (χ0v) is 18.2. The predicted molar refractivity (Wildman–Crippen MR) is 130 cm³/mol. The number of phenols is 1. The van der Waals surface area contributed by atoms with Gasteiger partial charge in [-0.1, -0.05) is 35.3 Å².